The molecule has 108 valence electrons. The number of aliphatic hydroxyl groups is 1. The lowest BCUT2D eigenvalue weighted by molar-refractivity contribution is -0.129. The number of aryl methyl sites for hydroxylation is 1. The monoisotopic (exact) mass is 274 g/mol. The molecule has 2 aromatic rings. The number of hydrogen-bond acceptors (Lipinski definition) is 3. The highest BCUT2D eigenvalue weighted by Gasteiger charge is 2.24. The summed E-state index contributed by atoms with van der Waals surface area (Å²) < 4.78 is 1.92. The third-order valence-electron chi connectivity index (χ3n) is 4.04. The summed E-state index contributed by atoms with van der Waals surface area (Å²) in [6.45, 7) is 4.00. The minimum absolute atomic E-state index is 0.0391. The highest BCUT2D eigenvalue weighted by atomic mass is 16.3. The van der Waals surface area contributed by atoms with Gasteiger partial charge in [-0.05, 0) is 18.1 Å². The van der Waals surface area contributed by atoms with Gasteiger partial charge in [0.25, 0.3) is 0 Å². The maximum absolute atomic E-state index is 12.2. The van der Waals surface area contributed by atoms with Gasteiger partial charge in [-0.1, -0.05) is 38.8 Å². The summed E-state index contributed by atoms with van der Waals surface area (Å²) in [7, 11) is 1.90. The molecule has 1 unspecified atom stereocenters. The molecule has 0 aliphatic heterocycles. The first-order valence-corrected chi connectivity index (χ1v) is 7.19. The predicted molar refractivity (Wildman–Crippen MR) is 79.5 cm³/mol. The average molecular weight is 274 g/mol. The van der Waals surface area contributed by atoms with Gasteiger partial charge in [-0.3, -0.25) is 4.79 Å². The fourth-order valence-corrected chi connectivity index (χ4v) is 2.61. The molecule has 4 heteroatoms. The van der Waals surface area contributed by atoms with E-state index in [-0.39, 0.29) is 18.1 Å². The summed E-state index contributed by atoms with van der Waals surface area (Å²) in [4.78, 5) is 16.7. The highest BCUT2D eigenvalue weighted by molar-refractivity contribution is 5.86. The molecular weight excluding hydrogens is 252 g/mol. The van der Waals surface area contributed by atoms with E-state index in [1.54, 1.807) is 0 Å². The average Bonchev–Trinajstić information content (AvgIpc) is 2.77. The maximum atomic E-state index is 12.2. The first kappa shape index (κ1) is 14.7. The van der Waals surface area contributed by atoms with Gasteiger partial charge in [0.05, 0.1) is 17.5 Å². The predicted octanol–water partition coefficient (Wildman–Crippen LogP) is 2.48. The van der Waals surface area contributed by atoms with E-state index in [0.29, 0.717) is 5.82 Å². The standard InChI is InChI=1S/C16H22N2O2/c1-4-11(5-2)16(20)14(19)10-15-17-12-8-6-7-9-13(12)18(15)3/h6-9,11,16,20H,4-5,10H2,1-3H3. The van der Waals surface area contributed by atoms with E-state index >= 15 is 0 Å². The van der Waals surface area contributed by atoms with Gasteiger partial charge in [0.1, 0.15) is 11.9 Å². The third kappa shape index (κ3) is 2.75. The SMILES string of the molecule is CCC(CC)C(O)C(=O)Cc1nc2ccccc2n1C. The fourth-order valence-electron chi connectivity index (χ4n) is 2.61. The molecule has 0 saturated heterocycles. The number of imidazole rings is 1. The van der Waals surface area contributed by atoms with Crippen LogP contribution in [0.2, 0.25) is 0 Å². The largest absolute Gasteiger partial charge is 0.385 e. The zero-order valence-electron chi connectivity index (χ0n) is 12.3. The molecule has 4 nitrogen and oxygen atoms in total. The van der Waals surface area contributed by atoms with Crippen molar-refractivity contribution in [2.75, 3.05) is 0 Å². The van der Waals surface area contributed by atoms with Crippen molar-refractivity contribution in [1.29, 1.82) is 0 Å². The van der Waals surface area contributed by atoms with Crippen molar-refractivity contribution in [3.63, 3.8) is 0 Å². The van der Waals surface area contributed by atoms with Crippen molar-refractivity contribution in [3.05, 3.63) is 30.1 Å². The molecule has 0 aliphatic carbocycles. The van der Waals surface area contributed by atoms with Crippen LogP contribution in [0.25, 0.3) is 11.0 Å². The Balaban J connectivity index is 2.19. The third-order valence-corrected chi connectivity index (χ3v) is 4.04. The van der Waals surface area contributed by atoms with Crippen LogP contribution in [0.1, 0.15) is 32.5 Å². The number of rotatable bonds is 6. The summed E-state index contributed by atoms with van der Waals surface area (Å²) in [5.74, 6) is 0.607. The summed E-state index contributed by atoms with van der Waals surface area (Å²) in [5, 5.41) is 10.1. The number of ketones is 1. The van der Waals surface area contributed by atoms with Gasteiger partial charge in [0.15, 0.2) is 5.78 Å². The molecule has 0 fully saturated rings. The molecule has 1 aromatic carbocycles. The first-order chi connectivity index (χ1) is 9.58. The minimum atomic E-state index is -0.884. The van der Waals surface area contributed by atoms with Crippen LogP contribution in [0.3, 0.4) is 0 Å². The molecule has 0 aliphatic rings. The normalized spacial score (nSPS) is 13.1. The van der Waals surface area contributed by atoms with Crippen LogP contribution in [0.4, 0.5) is 0 Å². The van der Waals surface area contributed by atoms with Gasteiger partial charge in [-0.2, -0.15) is 0 Å². The molecule has 0 bridgehead atoms. The number of nitrogens with zero attached hydrogens (tertiary/aromatic N) is 2. The number of hydrogen-bond donors (Lipinski definition) is 1. The van der Waals surface area contributed by atoms with Crippen LogP contribution in [-0.4, -0.2) is 26.5 Å². The van der Waals surface area contributed by atoms with Gasteiger partial charge in [0, 0.05) is 7.05 Å². The number of Topliss-reactive ketones (excluding diaryl/α,β-unsaturated/α-hetero) is 1. The Kier molecular flexibility index (Phi) is 4.55. The summed E-state index contributed by atoms with van der Waals surface area (Å²) in [5.41, 5.74) is 1.89. The van der Waals surface area contributed by atoms with Crippen molar-refractivity contribution in [1.82, 2.24) is 9.55 Å². The number of fused-ring (bicyclic) bond motifs is 1. The van der Waals surface area contributed by atoms with Crippen molar-refractivity contribution in [2.45, 2.75) is 39.2 Å². The topological polar surface area (TPSA) is 55.1 Å². The molecule has 0 amide bonds. The smallest absolute Gasteiger partial charge is 0.169 e. The molecule has 1 aromatic heterocycles. The Bertz CT molecular complexity index is 600. The van der Waals surface area contributed by atoms with Crippen molar-refractivity contribution < 1.29 is 9.90 Å². The van der Waals surface area contributed by atoms with E-state index in [1.807, 2.05) is 49.7 Å². The van der Waals surface area contributed by atoms with E-state index in [0.717, 1.165) is 23.9 Å². The Morgan fingerprint density at radius 2 is 1.95 bits per heavy atom. The number of aliphatic hydroxyl groups excluding tert-OH is 1. The van der Waals surface area contributed by atoms with E-state index in [9.17, 15) is 9.90 Å². The van der Waals surface area contributed by atoms with Crippen LogP contribution >= 0.6 is 0 Å². The molecule has 1 heterocycles. The number of carbonyl (C=O) groups excluding carboxylic acids is 1. The highest BCUT2D eigenvalue weighted by Crippen LogP contribution is 2.18. The lowest BCUT2D eigenvalue weighted by atomic mass is 9.92. The van der Waals surface area contributed by atoms with Crippen LogP contribution < -0.4 is 0 Å². The minimum Gasteiger partial charge on any atom is -0.385 e. The van der Waals surface area contributed by atoms with E-state index in [1.165, 1.54) is 0 Å². The molecule has 1 atom stereocenters. The van der Waals surface area contributed by atoms with Gasteiger partial charge in [0.2, 0.25) is 0 Å². The quantitative estimate of drug-likeness (QED) is 0.880. The van der Waals surface area contributed by atoms with Gasteiger partial charge in [-0.15, -0.1) is 0 Å². The number of carbonyl (C=O) groups is 1. The zero-order chi connectivity index (χ0) is 14.7. The zero-order valence-corrected chi connectivity index (χ0v) is 12.3. The van der Waals surface area contributed by atoms with Gasteiger partial charge in [-0.25, -0.2) is 4.98 Å². The second-order valence-corrected chi connectivity index (χ2v) is 5.24. The first-order valence-electron chi connectivity index (χ1n) is 7.19. The molecule has 2 rings (SSSR count). The van der Waals surface area contributed by atoms with E-state index < -0.39 is 6.10 Å². The molecule has 0 saturated carbocycles. The van der Waals surface area contributed by atoms with Crippen LogP contribution in [0, 0.1) is 5.92 Å². The summed E-state index contributed by atoms with van der Waals surface area (Å²) >= 11 is 0. The molecule has 0 radical (unpaired) electrons. The second-order valence-electron chi connectivity index (χ2n) is 5.24. The Hall–Kier alpha value is -1.68. The summed E-state index contributed by atoms with van der Waals surface area (Å²) in [6.07, 6.45) is 0.922. The lowest BCUT2D eigenvalue weighted by Gasteiger charge is -2.18. The van der Waals surface area contributed by atoms with Crippen molar-refractivity contribution in [2.24, 2.45) is 13.0 Å². The van der Waals surface area contributed by atoms with E-state index in [2.05, 4.69) is 4.98 Å². The second kappa shape index (κ2) is 6.18. The molecule has 1 N–H and O–H groups in total. The van der Waals surface area contributed by atoms with Gasteiger partial charge < -0.3 is 9.67 Å². The van der Waals surface area contributed by atoms with Crippen LogP contribution in [-0.2, 0) is 18.3 Å². The van der Waals surface area contributed by atoms with Crippen LogP contribution in [0.5, 0.6) is 0 Å². The van der Waals surface area contributed by atoms with Crippen molar-refractivity contribution in [3.8, 4) is 0 Å². The Labute approximate surface area is 119 Å². The van der Waals surface area contributed by atoms with Crippen molar-refractivity contribution >= 4 is 16.8 Å². The fraction of sp³-hybridized carbons (Fsp3) is 0.500. The molecule has 0 spiro atoms. The van der Waals surface area contributed by atoms with E-state index in [4.69, 9.17) is 0 Å². The Morgan fingerprint density at radius 3 is 2.55 bits per heavy atom. The number of aromatic nitrogens is 2. The molecule has 20 heavy (non-hydrogen) atoms. The molecular formula is C16H22N2O2. The Morgan fingerprint density at radius 1 is 1.30 bits per heavy atom. The van der Waals surface area contributed by atoms with Gasteiger partial charge >= 0.3 is 0 Å². The lowest BCUT2D eigenvalue weighted by Crippen LogP contribution is -2.30. The maximum Gasteiger partial charge on any atom is 0.169 e. The summed E-state index contributed by atoms with van der Waals surface area (Å²) in [6, 6.07) is 7.79. The number of benzene rings is 1. The number of para-hydroxylation sites is 2. The van der Waals surface area contributed by atoms with Crippen LogP contribution in [0.15, 0.2) is 24.3 Å².